The lowest BCUT2D eigenvalue weighted by atomic mass is 10.0. The van der Waals surface area contributed by atoms with E-state index in [0.717, 1.165) is 16.9 Å². The molecule has 0 aliphatic heterocycles. The van der Waals surface area contributed by atoms with Crippen LogP contribution in [-0.2, 0) is 6.54 Å². The zero-order chi connectivity index (χ0) is 15.2. The van der Waals surface area contributed by atoms with Gasteiger partial charge < -0.3 is 4.74 Å². The van der Waals surface area contributed by atoms with Gasteiger partial charge >= 0.3 is 0 Å². The minimum atomic E-state index is -0.466. The largest absolute Gasteiger partial charge is 0.497 e. The Morgan fingerprint density at radius 1 is 1.24 bits per heavy atom. The minimum absolute atomic E-state index is 0.259. The van der Waals surface area contributed by atoms with Crippen LogP contribution in [0.4, 0.5) is 4.39 Å². The second kappa shape index (κ2) is 6.87. The van der Waals surface area contributed by atoms with Gasteiger partial charge in [-0.15, -0.1) is 0 Å². The van der Waals surface area contributed by atoms with Crippen LogP contribution in [0.25, 0.3) is 0 Å². The number of nitriles is 1. The predicted octanol–water partition coefficient (Wildman–Crippen LogP) is 3.50. The molecule has 108 valence electrons. The first-order chi connectivity index (χ1) is 10.1. The van der Waals surface area contributed by atoms with Gasteiger partial charge in [0.2, 0.25) is 0 Å². The molecule has 0 aliphatic carbocycles. The number of hydrogen-bond donors (Lipinski definition) is 1. The first-order valence-electron chi connectivity index (χ1n) is 6.66. The summed E-state index contributed by atoms with van der Waals surface area (Å²) in [7, 11) is 1.62. The first-order valence-corrected chi connectivity index (χ1v) is 6.66. The van der Waals surface area contributed by atoms with Crippen LogP contribution in [0.15, 0.2) is 42.5 Å². The van der Waals surface area contributed by atoms with Crippen molar-refractivity contribution in [3.63, 3.8) is 0 Å². The standard InChI is InChI=1S/C17H17FN2O/c1-12-9-14(5-8-16(12)18)17(10-19)20-11-13-3-6-15(21-2)7-4-13/h3-9,17,20H,11H2,1-2H3. The van der Waals surface area contributed by atoms with Gasteiger partial charge in [-0.1, -0.05) is 24.3 Å². The Bertz CT molecular complexity index is 647. The van der Waals surface area contributed by atoms with Crippen LogP contribution in [0.2, 0.25) is 0 Å². The zero-order valence-corrected chi connectivity index (χ0v) is 12.1. The third kappa shape index (κ3) is 3.80. The van der Waals surface area contributed by atoms with Crippen LogP contribution in [0.3, 0.4) is 0 Å². The Morgan fingerprint density at radius 2 is 1.95 bits per heavy atom. The normalized spacial score (nSPS) is 11.7. The van der Waals surface area contributed by atoms with Crippen molar-refractivity contribution in [2.24, 2.45) is 0 Å². The lowest BCUT2D eigenvalue weighted by molar-refractivity contribution is 0.414. The number of methoxy groups -OCH3 is 1. The van der Waals surface area contributed by atoms with Crippen LogP contribution < -0.4 is 10.1 Å². The van der Waals surface area contributed by atoms with Crippen LogP contribution in [0.1, 0.15) is 22.7 Å². The van der Waals surface area contributed by atoms with Crippen molar-refractivity contribution in [3.05, 3.63) is 65.0 Å². The molecule has 0 spiro atoms. The maximum Gasteiger partial charge on any atom is 0.126 e. The van der Waals surface area contributed by atoms with Crippen molar-refractivity contribution in [2.45, 2.75) is 19.5 Å². The molecule has 0 aromatic heterocycles. The molecule has 0 radical (unpaired) electrons. The Hall–Kier alpha value is -2.38. The second-order valence-electron chi connectivity index (χ2n) is 4.80. The molecule has 2 aromatic rings. The lowest BCUT2D eigenvalue weighted by Crippen LogP contribution is -2.19. The van der Waals surface area contributed by atoms with Crippen molar-refractivity contribution in [1.29, 1.82) is 5.26 Å². The van der Waals surface area contributed by atoms with Crippen LogP contribution in [0, 0.1) is 24.1 Å². The molecule has 0 amide bonds. The fourth-order valence-electron chi connectivity index (χ4n) is 2.05. The summed E-state index contributed by atoms with van der Waals surface area (Å²) in [6.45, 7) is 2.25. The van der Waals surface area contributed by atoms with E-state index in [2.05, 4.69) is 11.4 Å². The molecule has 0 aliphatic rings. The molecule has 1 atom stereocenters. The molecule has 0 saturated heterocycles. The number of hydrogen-bond acceptors (Lipinski definition) is 3. The number of aryl methyl sites for hydroxylation is 1. The van der Waals surface area contributed by atoms with Gasteiger partial charge in [-0.2, -0.15) is 5.26 Å². The van der Waals surface area contributed by atoms with E-state index in [9.17, 15) is 9.65 Å². The maximum atomic E-state index is 13.3. The molecule has 0 saturated carbocycles. The number of halogens is 1. The molecule has 21 heavy (non-hydrogen) atoms. The molecular formula is C17H17FN2O. The van der Waals surface area contributed by atoms with E-state index in [-0.39, 0.29) is 5.82 Å². The average molecular weight is 284 g/mol. The fraction of sp³-hybridized carbons (Fsp3) is 0.235. The van der Waals surface area contributed by atoms with Crippen molar-refractivity contribution in [3.8, 4) is 11.8 Å². The van der Waals surface area contributed by atoms with E-state index in [0.29, 0.717) is 12.1 Å². The fourth-order valence-corrected chi connectivity index (χ4v) is 2.05. The van der Waals surface area contributed by atoms with E-state index in [1.54, 1.807) is 26.2 Å². The summed E-state index contributed by atoms with van der Waals surface area (Å²) >= 11 is 0. The second-order valence-corrected chi connectivity index (χ2v) is 4.80. The topological polar surface area (TPSA) is 45.0 Å². The lowest BCUT2D eigenvalue weighted by Gasteiger charge is -2.13. The van der Waals surface area contributed by atoms with Gasteiger partial charge in [-0.3, -0.25) is 5.32 Å². The molecule has 3 nitrogen and oxygen atoms in total. The van der Waals surface area contributed by atoms with E-state index in [1.165, 1.54) is 6.07 Å². The van der Waals surface area contributed by atoms with Crippen LogP contribution >= 0.6 is 0 Å². The van der Waals surface area contributed by atoms with Crippen molar-refractivity contribution in [1.82, 2.24) is 5.32 Å². The number of rotatable bonds is 5. The minimum Gasteiger partial charge on any atom is -0.497 e. The molecule has 1 unspecified atom stereocenters. The van der Waals surface area contributed by atoms with Crippen LogP contribution in [0.5, 0.6) is 5.75 Å². The summed E-state index contributed by atoms with van der Waals surface area (Å²) in [5.74, 6) is 0.537. The van der Waals surface area contributed by atoms with Gasteiger partial charge in [0.25, 0.3) is 0 Å². The van der Waals surface area contributed by atoms with Crippen molar-refractivity contribution < 1.29 is 9.13 Å². The SMILES string of the molecule is COc1ccc(CNC(C#N)c2ccc(F)c(C)c2)cc1. The summed E-state index contributed by atoms with van der Waals surface area (Å²) in [6, 6.07) is 14.1. The Morgan fingerprint density at radius 3 is 2.52 bits per heavy atom. The van der Waals surface area contributed by atoms with Gasteiger partial charge in [0, 0.05) is 6.54 Å². The molecule has 4 heteroatoms. The van der Waals surface area contributed by atoms with Gasteiger partial charge in [0.15, 0.2) is 0 Å². The van der Waals surface area contributed by atoms with E-state index in [4.69, 9.17) is 4.74 Å². The van der Waals surface area contributed by atoms with Gasteiger partial charge in [0.1, 0.15) is 17.6 Å². The smallest absolute Gasteiger partial charge is 0.126 e. The first kappa shape index (κ1) is 15.0. The monoisotopic (exact) mass is 284 g/mol. The summed E-state index contributed by atoms with van der Waals surface area (Å²) in [5, 5.41) is 12.4. The van der Waals surface area contributed by atoms with Gasteiger partial charge in [-0.05, 0) is 41.8 Å². The number of benzene rings is 2. The van der Waals surface area contributed by atoms with E-state index >= 15 is 0 Å². The van der Waals surface area contributed by atoms with Gasteiger partial charge in [0.05, 0.1) is 13.2 Å². The molecule has 0 fully saturated rings. The zero-order valence-electron chi connectivity index (χ0n) is 12.1. The third-order valence-corrected chi connectivity index (χ3v) is 3.31. The number of nitrogens with zero attached hydrogens (tertiary/aromatic N) is 1. The maximum absolute atomic E-state index is 13.3. The third-order valence-electron chi connectivity index (χ3n) is 3.31. The highest BCUT2D eigenvalue weighted by Gasteiger charge is 2.11. The summed E-state index contributed by atoms with van der Waals surface area (Å²) in [5.41, 5.74) is 2.36. The molecule has 2 rings (SSSR count). The highest BCUT2D eigenvalue weighted by atomic mass is 19.1. The molecule has 0 heterocycles. The highest BCUT2D eigenvalue weighted by Crippen LogP contribution is 2.17. The van der Waals surface area contributed by atoms with E-state index in [1.807, 2.05) is 24.3 Å². The molecular weight excluding hydrogens is 267 g/mol. The molecule has 1 N–H and O–H groups in total. The summed E-state index contributed by atoms with van der Waals surface area (Å²) in [4.78, 5) is 0. The average Bonchev–Trinajstić information content (AvgIpc) is 2.52. The predicted molar refractivity (Wildman–Crippen MR) is 79.3 cm³/mol. The quantitative estimate of drug-likeness (QED) is 0.914. The van der Waals surface area contributed by atoms with Crippen molar-refractivity contribution >= 4 is 0 Å². The Kier molecular flexibility index (Phi) is 4.91. The highest BCUT2D eigenvalue weighted by molar-refractivity contribution is 5.31. The number of ether oxygens (including phenoxy) is 1. The molecule has 0 bridgehead atoms. The Labute approximate surface area is 124 Å². The van der Waals surface area contributed by atoms with Gasteiger partial charge in [-0.25, -0.2) is 4.39 Å². The summed E-state index contributed by atoms with van der Waals surface area (Å²) in [6.07, 6.45) is 0. The summed E-state index contributed by atoms with van der Waals surface area (Å²) < 4.78 is 18.4. The Balaban J connectivity index is 2.05. The van der Waals surface area contributed by atoms with E-state index < -0.39 is 6.04 Å². The van der Waals surface area contributed by atoms with Crippen LogP contribution in [-0.4, -0.2) is 7.11 Å². The van der Waals surface area contributed by atoms with Crippen molar-refractivity contribution in [2.75, 3.05) is 7.11 Å². The number of nitrogens with one attached hydrogen (secondary N) is 1. The molecule has 2 aromatic carbocycles.